The van der Waals surface area contributed by atoms with Crippen molar-refractivity contribution in [2.45, 2.75) is 25.9 Å². The SMILES string of the molecule is CC[C@H](O)Cc1ccc(F)cc1OC. The Morgan fingerprint density at radius 3 is 2.79 bits per heavy atom. The van der Waals surface area contributed by atoms with Crippen LogP contribution in [-0.4, -0.2) is 18.3 Å². The topological polar surface area (TPSA) is 29.5 Å². The van der Waals surface area contributed by atoms with Crippen molar-refractivity contribution in [2.75, 3.05) is 7.11 Å². The monoisotopic (exact) mass is 198 g/mol. The van der Waals surface area contributed by atoms with E-state index in [1.165, 1.54) is 19.2 Å². The number of methoxy groups -OCH3 is 1. The molecule has 0 radical (unpaired) electrons. The van der Waals surface area contributed by atoms with Crippen LogP contribution in [0.15, 0.2) is 18.2 Å². The van der Waals surface area contributed by atoms with Gasteiger partial charge >= 0.3 is 0 Å². The van der Waals surface area contributed by atoms with Crippen LogP contribution in [0.5, 0.6) is 5.75 Å². The molecule has 0 fully saturated rings. The predicted octanol–water partition coefficient (Wildman–Crippen LogP) is 2.15. The van der Waals surface area contributed by atoms with Gasteiger partial charge in [-0.1, -0.05) is 13.0 Å². The minimum absolute atomic E-state index is 0.323. The van der Waals surface area contributed by atoms with E-state index in [9.17, 15) is 9.50 Å². The highest BCUT2D eigenvalue weighted by Crippen LogP contribution is 2.21. The second kappa shape index (κ2) is 4.96. The van der Waals surface area contributed by atoms with Gasteiger partial charge < -0.3 is 9.84 Å². The van der Waals surface area contributed by atoms with Crippen molar-refractivity contribution in [1.29, 1.82) is 0 Å². The van der Waals surface area contributed by atoms with Crippen molar-refractivity contribution < 1.29 is 14.2 Å². The zero-order valence-electron chi connectivity index (χ0n) is 8.46. The van der Waals surface area contributed by atoms with Crippen LogP contribution in [0.4, 0.5) is 4.39 Å². The van der Waals surface area contributed by atoms with Gasteiger partial charge in [0.15, 0.2) is 0 Å². The molecular weight excluding hydrogens is 183 g/mol. The van der Waals surface area contributed by atoms with E-state index in [0.29, 0.717) is 18.6 Å². The number of halogens is 1. The molecule has 1 aromatic carbocycles. The van der Waals surface area contributed by atoms with Gasteiger partial charge in [-0.15, -0.1) is 0 Å². The highest BCUT2D eigenvalue weighted by Gasteiger charge is 2.08. The van der Waals surface area contributed by atoms with Crippen LogP contribution < -0.4 is 4.74 Å². The van der Waals surface area contributed by atoms with E-state index in [4.69, 9.17) is 4.74 Å². The normalized spacial score (nSPS) is 12.6. The molecule has 1 rings (SSSR count). The molecule has 0 amide bonds. The molecule has 0 bridgehead atoms. The summed E-state index contributed by atoms with van der Waals surface area (Å²) in [6.07, 6.45) is 0.787. The van der Waals surface area contributed by atoms with Crippen LogP contribution in [0.25, 0.3) is 0 Å². The molecule has 0 aromatic heterocycles. The second-order valence-electron chi connectivity index (χ2n) is 3.22. The number of ether oxygens (including phenoxy) is 1. The van der Waals surface area contributed by atoms with Crippen molar-refractivity contribution in [3.05, 3.63) is 29.6 Å². The molecule has 1 atom stereocenters. The maximum Gasteiger partial charge on any atom is 0.126 e. The van der Waals surface area contributed by atoms with Crippen LogP contribution in [0, 0.1) is 5.82 Å². The van der Waals surface area contributed by atoms with Crippen molar-refractivity contribution >= 4 is 0 Å². The Hall–Kier alpha value is -1.09. The van der Waals surface area contributed by atoms with Gasteiger partial charge in [-0.25, -0.2) is 4.39 Å². The number of benzene rings is 1. The summed E-state index contributed by atoms with van der Waals surface area (Å²) < 4.78 is 17.8. The molecule has 0 aliphatic heterocycles. The molecule has 0 saturated heterocycles. The van der Waals surface area contributed by atoms with E-state index < -0.39 is 6.10 Å². The molecule has 3 heteroatoms. The van der Waals surface area contributed by atoms with Crippen LogP contribution in [0.1, 0.15) is 18.9 Å². The smallest absolute Gasteiger partial charge is 0.126 e. The van der Waals surface area contributed by atoms with Crippen molar-refractivity contribution in [2.24, 2.45) is 0 Å². The molecule has 0 aliphatic carbocycles. The summed E-state index contributed by atoms with van der Waals surface area (Å²) in [5, 5.41) is 9.45. The number of hydrogen-bond donors (Lipinski definition) is 1. The van der Waals surface area contributed by atoms with Gasteiger partial charge in [0.2, 0.25) is 0 Å². The lowest BCUT2D eigenvalue weighted by atomic mass is 10.1. The minimum Gasteiger partial charge on any atom is -0.496 e. The lowest BCUT2D eigenvalue weighted by Crippen LogP contribution is -2.09. The lowest BCUT2D eigenvalue weighted by Gasteiger charge is -2.11. The first-order chi connectivity index (χ1) is 6.67. The standard InChI is InChI=1S/C11H15FO2/c1-3-10(13)6-8-4-5-9(12)7-11(8)14-2/h4-5,7,10,13H,3,6H2,1-2H3/t10-/m0/s1. The van der Waals surface area contributed by atoms with E-state index in [1.807, 2.05) is 6.92 Å². The predicted molar refractivity (Wildman–Crippen MR) is 53.0 cm³/mol. The molecule has 1 aromatic rings. The largest absolute Gasteiger partial charge is 0.496 e. The molecule has 1 N–H and O–H groups in total. The Morgan fingerprint density at radius 2 is 2.21 bits per heavy atom. The Morgan fingerprint density at radius 1 is 1.50 bits per heavy atom. The third-order valence-corrected chi connectivity index (χ3v) is 2.18. The van der Waals surface area contributed by atoms with Gasteiger partial charge in [-0.3, -0.25) is 0 Å². The van der Waals surface area contributed by atoms with E-state index in [0.717, 1.165) is 5.56 Å². The number of aliphatic hydroxyl groups excluding tert-OH is 1. The van der Waals surface area contributed by atoms with Crippen LogP contribution in [-0.2, 0) is 6.42 Å². The summed E-state index contributed by atoms with van der Waals surface area (Å²) in [7, 11) is 1.50. The Labute approximate surface area is 83.3 Å². The zero-order valence-corrected chi connectivity index (χ0v) is 8.46. The fraction of sp³-hybridized carbons (Fsp3) is 0.455. The van der Waals surface area contributed by atoms with E-state index >= 15 is 0 Å². The van der Waals surface area contributed by atoms with Crippen molar-refractivity contribution in [3.63, 3.8) is 0 Å². The first-order valence-corrected chi connectivity index (χ1v) is 4.67. The summed E-state index contributed by atoms with van der Waals surface area (Å²) in [5.41, 5.74) is 0.836. The zero-order chi connectivity index (χ0) is 10.6. The third-order valence-electron chi connectivity index (χ3n) is 2.18. The first-order valence-electron chi connectivity index (χ1n) is 4.67. The van der Waals surface area contributed by atoms with Gasteiger partial charge in [0.1, 0.15) is 11.6 Å². The quantitative estimate of drug-likeness (QED) is 0.803. The van der Waals surface area contributed by atoms with Crippen molar-refractivity contribution in [3.8, 4) is 5.75 Å². The summed E-state index contributed by atoms with van der Waals surface area (Å²) >= 11 is 0. The molecular formula is C11H15FO2. The summed E-state index contributed by atoms with van der Waals surface area (Å²) in [6.45, 7) is 1.90. The number of aliphatic hydroxyl groups is 1. The highest BCUT2D eigenvalue weighted by atomic mass is 19.1. The van der Waals surface area contributed by atoms with Gasteiger partial charge in [0, 0.05) is 12.5 Å². The minimum atomic E-state index is -0.394. The molecule has 0 unspecified atom stereocenters. The van der Waals surface area contributed by atoms with Crippen molar-refractivity contribution in [1.82, 2.24) is 0 Å². The maximum absolute atomic E-state index is 12.8. The lowest BCUT2D eigenvalue weighted by molar-refractivity contribution is 0.169. The fourth-order valence-electron chi connectivity index (χ4n) is 1.29. The second-order valence-corrected chi connectivity index (χ2v) is 3.22. The number of hydrogen-bond acceptors (Lipinski definition) is 2. The third kappa shape index (κ3) is 2.70. The Kier molecular flexibility index (Phi) is 3.89. The fourth-order valence-corrected chi connectivity index (χ4v) is 1.29. The average molecular weight is 198 g/mol. The molecule has 14 heavy (non-hydrogen) atoms. The average Bonchev–Trinajstić information content (AvgIpc) is 2.20. The Balaban J connectivity index is 2.85. The number of rotatable bonds is 4. The molecule has 78 valence electrons. The van der Waals surface area contributed by atoms with E-state index in [-0.39, 0.29) is 5.82 Å². The van der Waals surface area contributed by atoms with Gasteiger partial charge in [0.25, 0.3) is 0 Å². The van der Waals surface area contributed by atoms with E-state index in [1.54, 1.807) is 6.07 Å². The molecule has 0 spiro atoms. The molecule has 0 aliphatic rings. The maximum atomic E-state index is 12.8. The molecule has 2 nitrogen and oxygen atoms in total. The van der Waals surface area contributed by atoms with Gasteiger partial charge in [0.05, 0.1) is 13.2 Å². The van der Waals surface area contributed by atoms with Crippen LogP contribution in [0.2, 0.25) is 0 Å². The first kappa shape index (κ1) is 11.0. The van der Waals surface area contributed by atoms with Crippen LogP contribution >= 0.6 is 0 Å². The summed E-state index contributed by atoms with van der Waals surface area (Å²) in [4.78, 5) is 0. The highest BCUT2D eigenvalue weighted by molar-refractivity contribution is 5.34. The van der Waals surface area contributed by atoms with Gasteiger partial charge in [-0.05, 0) is 18.1 Å². The molecule has 0 saturated carbocycles. The summed E-state index contributed by atoms with van der Waals surface area (Å²) in [5.74, 6) is 0.175. The summed E-state index contributed by atoms with van der Waals surface area (Å²) in [6, 6.07) is 4.35. The van der Waals surface area contributed by atoms with Gasteiger partial charge in [-0.2, -0.15) is 0 Å². The van der Waals surface area contributed by atoms with Crippen LogP contribution in [0.3, 0.4) is 0 Å². The molecule has 0 heterocycles. The van der Waals surface area contributed by atoms with E-state index in [2.05, 4.69) is 0 Å². The Bertz CT molecular complexity index is 299.